The fraction of sp³-hybridized carbons (Fsp3) is 1.00. The molecule has 0 rings (SSSR count). The number of hydrogen-bond donors (Lipinski definition) is 0. The first kappa shape index (κ1) is 12.7. The van der Waals surface area contributed by atoms with Crippen molar-refractivity contribution in [2.45, 2.75) is 54.2 Å². The fourth-order valence-corrected chi connectivity index (χ4v) is 0. The minimum absolute atomic E-state index is 0.542. The quantitative estimate of drug-likeness (QED) is 0.489. The summed E-state index contributed by atoms with van der Waals surface area (Å²) in [4.78, 5) is 0. The van der Waals surface area contributed by atoms with E-state index >= 15 is 0 Å². The van der Waals surface area contributed by atoms with E-state index in [9.17, 15) is 0 Å². The summed E-state index contributed by atoms with van der Waals surface area (Å²) in [5.74, 6) is 0. The van der Waals surface area contributed by atoms with Crippen LogP contribution in [0.3, 0.4) is 0 Å². The van der Waals surface area contributed by atoms with E-state index in [2.05, 4.69) is 48.7 Å². The molecule has 0 unspecified atom stereocenters. The Kier molecular flexibility index (Phi) is 9.12. The first-order chi connectivity index (χ1) is 4.47. The predicted octanol–water partition coefficient (Wildman–Crippen LogP) is 3.62. The molecule has 0 amide bonds. The maximum Gasteiger partial charge on any atom is 0.105 e. The molecule has 10 heavy (non-hydrogen) atoms. The van der Waals surface area contributed by atoms with E-state index in [1.165, 1.54) is 12.7 Å². The molecule has 0 heterocycles. The van der Waals surface area contributed by atoms with Crippen molar-refractivity contribution in [3.63, 3.8) is 0 Å². The molecule has 0 aliphatic heterocycles. The van der Waals surface area contributed by atoms with Crippen LogP contribution in [-0.4, -0.2) is 7.28 Å². The standard InChI is InChI=1S/C6H14.C3H8B/c1-5-6(2,3)4;1-3-4-2/h5H2,1-4H3;3H2,1-2H3. The molecular formula is C9H22B. The molecule has 61 valence electrons. The lowest BCUT2D eigenvalue weighted by atomic mass is 9.79. The molecule has 0 aromatic rings. The average Bonchev–Trinajstić information content (AvgIpc) is 1.87. The maximum atomic E-state index is 2.24. The summed E-state index contributed by atoms with van der Waals surface area (Å²) in [5, 5.41) is 0. The van der Waals surface area contributed by atoms with Gasteiger partial charge < -0.3 is 0 Å². The van der Waals surface area contributed by atoms with Gasteiger partial charge in [-0.2, -0.15) is 0 Å². The van der Waals surface area contributed by atoms with Gasteiger partial charge in [-0.3, -0.25) is 0 Å². The molecule has 0 fully saturated rings. The zero-order valence-corrected chi connectivity index (χ0v) is 8.49. The van der Waals surface area contributed by atoms with Crippen molar-refractivity contribution in [2.75, 3.05) is 0 Å². The molecule has 1 radical (unpaired) electrons. The molecular weight excluding hydrogens is 119 g/mol. The third kappa shape index (κ3) is 24.4. The zero-order valence-electron chi connectivity index (χ0n) is 8.49. The summed E-state index contributed by atoms with van der Waals surface area (Å²) in [5.41, 5.74) is 0.542. The summed E-state index contributed by atoms with van der Waals surface area (Å²) in [7, 11) is 2.12. The van der Waals surface area contributed by atoms with Gasteiger partial charge in [-0.15, -0.1) is 0 Å². The van der Waals surface area contributed by atoms with Gasteiger partial charge in [-0.1, -0.05) is 54.2 Å². The van der Waals surface area contributed by atoms with E-state index in [-0.39, 0.29) is 0 Å². The molecule has 0 atom stereocenters. The highest BCUT2D eigenvalue weighted by atomic mass is 14.1. The molecule has 0 nitrogen and oxygen atoms in total. The molecule has 0 bridgehead atoms. The summed E-state index contributed by atoms with van der Waals surface area (Å²) >= 11 is 0. The van der Waals surface area contributed by atoms with Crippen LogP contribution in [0.4, 0.5) is 0 Å². The summed E-state index contributed by atoms with van der Waals surface area (Å²) in [6, 6.07) is 0. The summed E-state index contributed by atoms with van der Waals surface area (Å²) < 4.78 is 0. The Morgan fingerprint density at radius 3 is 1.30 bits per heavy atom. The summed E-state index contributed by atoms with van der Waals surface area (Å²) in [6.45, 7) is 13.1. The molecule has 0 aromatic heterocycles. The van der Waals surface area contributed by atoms with E-state index in [4.69, 9.17) is 0 Å². The monoisotopic (exact) mass is 141 g/mol. The minimum Gasteiger partial charge on any atom is -0.0920 e. The van der Waals surface area contributed by atoms with Crippen LogP contribution in [0.1, 0.15) is 41.0 Å². The second-order valence-electron chi connectivity index (χ2n) is 3.73. The Morgan fingerprint density at radius 2 is 1.30 bits per heavy atom. The van der Waals surface area contributed by atoms with Crippen LogP contribution in [0.5, 0.6) is 0 Å². The SMILES string of the molecule is CCC(C)(C)C.C[B]CC. The van der Waals surface area contributed by atoms with E-state index in [1.807, 2.05) is 0 Å². The topological polar surface area (TPSA) is 0 Å². The lowest BCUT2D eigenvalue weighted by molar-refractivity contribution is 0.398. The van der Waals surface area contributed by atoms with Crippen molar-refractivity contribution in [3.8, 4) is 0 Å². The van der Waals surface area contributed by atoms with Gasteiger partial charge in [0, 0.05) is 0 Å². The predicted molar refractivity (Wildman–Crippen MR) is 51.8 cm³/mol. The Labute approximate surface area is 67.7 Å². The van der Waals surface area contributed by atoms with Crippen LogP contribution in [0.25, 0.3) is 0 Å². The van der Waals surface area contributed by atoms with Gasteiger partial charge in [0.15, 0.2) is 0 Å². The van der Waals surface area contributed by atoms with Crippen LogP contribution in [-0.2, 0) is 0 Å². The Morgan fingerprint density at radius 1 is 1.10 bits per heavy atom. The first-order valence-corrected chi connectivity index (χ1v) is 4.25. The minimum atomic E-state index is 0.542. The molecule has 0 aliphatic carbocycles. The molecule has 0 aliphatic rings. The van der Waals surface area contributed by atoms with E-state index < -0.39 is 0 Å². The van der Waals surface area contributed by atoms with Crippen molar-refractivity contribution in [3.05, 3.63) is 0 Å². The van der Waals surface area contributed by atoms with Gasteiger partial charge in [0.05, 0.1) is 0 Å². The number of rotatable bonds is 1. The second kappa shape index (κ2) is 7.18. The smallest absolute Gasteiger partial charge is 0.0920 e. The lowest BCUT2D eigenvalue weighted by Crippen LogP contribution is -2.00. The van der Waals surface area contributed by atoms with E-state index in [1.54, 1.807) is 0 Å². The van der Waals surface area contributed by atoms with Crippen LogP contribution >= 0.6 is 0 Å². The van der Waals surface area contributed by atoms with Gasteiger partial charge >= 0.3 is 0 Å². The van der Waals surface area contributed by atoms with Crippen molar-refractivity contribution in [1.29, 1.82) is 0 Å². The van der Waals surface area contributed by atoms with Crippen molar-refractivity contribution in [2.24, 2.45) is 5.41 Å². The van der Waals surface area contributed by atoms with E-state index in [0.29, 0.717) is 5.41 Å². The van der Waals surface area contributed by atoms with Crippen LogP contribution < -0.4 is 0 Å². The van der Waals surface area contributed by atoms with Gasteiger partial charge in [0.25, 0.3) is 0 Å². The normalized spacial score (nSPS) is 9.80. The average molecular weight is 141 g/mol. The molecule has 0 saturated heterocycles. The van der Waals surface area contributed by atoms with Crippen molar-refractivity contribution in [1.82, 2.24) is 0 Å². The van der Waals surface area contributed by atoms with E-state index in [0.717, 1.165) is 0 Å². The Hall–Kier alpha value is 0.0649. The molecule has 1 heteroatoms. The summed E-state index contributed by atoms with van der Waals surface area (Å²) in [6.07, 6.45) is 2.47. The van der Waals surface area contributed by atoms with Crippen LogP contribution in [0, 0.1) is 5.41 Å². The molecule has 0 spiro atoms. The van der Waals surface area contributed by atoms with Gasteiger partial charge in [0.1, 0.15) is 7.28 Å². The fourth-order valence-electron chi connectivity index (χ4n) is 0. The maximum absolute atomic E-state index is 2.24. The van der Waals surface area contributed by atoms with Gasteiger partial charge in [-0.25, -0.2) is 0 Å². The van der Waals surface area contributed by atoms with Crippen LogP contribution in [0.15, 0.2) is 0 Å². The van der Waals surface area contributed by atoms with Gasteiger partial charge in [-0.05, 0) is 5.41 Å². The lowest BCUT2D eigenvalue weighted by Gasteiger charge is -2.12. The van der Waals surface area contributed by atoms with Crippen molar-refractivity contribution >= 4 is 7.28 Å². The third-order valence-electron chi connectivity index (χ3n) is 1.47. The second-order valence-corrected chi connectivity index (χ2v) is 3.73. The Balaban J connectivity index is 0. The van der Waals surface area contributed by atoms with Crippen molar-refractivity contribution < 1.29 is 0 Å². The molecule has 0 saturated carbocycles. The highest BCUT2D eigenvalue weighted by molar-refractivity contribution is 6.33. The zero-order chi connectivity index (χ0) is 8.62. The molecule has 0 aromatic carbocycles. The molecule has 0 N–H and O–H groups in total. The van der Waals surface area contributed by atoms with Crippen LogP contribution in [0.2, 0.25) is 13.1 Å². The Bertz CT molecular complexity index is 50.2. The largest absolute Gasteiger partial charge is 0.105 e. The highest BCUT2D eigenvalue weighted by Gasteiger charge is 2.03. The highest BCUT2D eigenvalue weighted by Crippen LogP contribution is 2.16. The third-order valence-corrected chi connectivity index (χ3v) is 1.47. The first-order valence-electron chi connectivity index (χ1n) is 4.25. The van der Waals surface area contributed by atoms with Gasteiger partial charge in [0.2, 0.25) is 0 Å². The number of hydrogen-bond acceptors (Lipinski definition) is 0.